The van der Waals surface area contributed by atoms with Crippen molar-refractivity contribution in [3.8, 4) is 5.75 Å². The van der Waals surface area contributed by atoms with E-state index in [1.165, 1.54) is 0 Å². The number of hydrogen-bond acceptors (Lipinski definition) is 4. The van der Waals surface area contributed by atoms with Gasteiger partial charge in [-0.25, -0.2) is 4.79 Å². The van der Waals surface area contributed by atoms with Crippen molar-refractivity contribution in [2.75, 3.05) is 6.61 Å². The molecule has 24 heavy (non-hydrogen) atoms. The van der Waals surface area contributed by atoms with Crippen molar-refractivity contribution in [2.24, 2.45) is 5.92 Å². The molecule has 3 aliphatic rings. The molecule has 0 radical (unpaired) electrons. The van der Waals surface area contributed by atoms with E-state index in [0.717, 1.165) is 28.7 Å². The number of Topliss-reactive ketones (excluding diaryl/α,β-unsaturated/α-hetero) is 1. The summed E-state index contributed by atoms with van der Waals surface area (Å²) >= 11 is 0. The maximum atomic E-state index is 12.8. The van der Waals surface area contributed by atoms with Crippen molar-refractivity contribution in [2.45, 2.75) is 51.4 Å². The summed E-state index contributed by atoms with van der Waals surface area (Å²) in [4.78, 5) is 24.7. The molecule has 0 aromatic heterocycles. The van der Waals surface area contributed by atoms with Gasteiger partial charge in [0.25, 0.3) is 0 Å². The molecule has 0 spiro atoms. The average Bonchev–Trinajstić information content (AvgIpc) is 2.90. The Balaban J connectivity index is 1.90. The lowest BCUT2D eigenvalue weighted by molar-refractivity contribution is -0.136. The highest BCUT2D eigenvalue weighted by molar-refractivity contribution is 6.03. The van der Waals surface area contributed by atoms with E-state index in [4.69, 9.17) is 4.74 Å². The van der Waals surface area contributed by atoms with Gasteiger partial charge in [-0.05, 0) is 35.5 Å². The Morgan fingerprint density at radius 3 is 2.75 bits per heavy atom. The van der Waals surface area contributed by atoms with Gasteiger partial charge in [0, 0.05) is 23.3 Å². The molecule has 0 amide bonds. The summed E-state index contributed by atoms with van der Waals surface area (Å²) in [6.07, 6.45) is 1.82. The maximum Gasteiger partial charge on any atom is 0.334 e. The second-order valence-electron chi connectivity index (χ2n) is 7.76. The number of carbonyl (C=O) groups excluding carboxylic acids is 2. The Kier molecular flexibility index (Phi) is 3.18. The predicted molar refractivity (Wildman–Crippen MR) is 89.2 cm³/mol. The number of fused-ring (bicyclic) bond motifs is 4. The summed E-state index contributed by atoms with van der Waals surface area (Å²) in [5, 5.41) is 10.7. The smallest absolute Gasteiger partial charge is 0.334 e. The molecule has 4 heteroatoms. The molecule has 2 atom stereocenters. The molecule has 1 unspecified atom stereocenters. The van der Waals surface area contributed by atoms with Gasteiger partial charge in [0.2, 0.25) is 0 Å². The van der Waals surface area contributed by atoms with Crippen LogP contribution < -0.4 is 0 Å². The highest BCUT2D eigenvalue weighted by atomic mass is 16.5. The Morgan fingerprint density at radius 1 is 1.29 bits per heavy atom. The quantitative estimate of drug-likeness (QED) is 0.801. The third-order valence-electron chi connectivity index (χ3n) is 6.19. The van der Waals surface area contributed by atoms with Gasteiger partial charge in [0.1, 0.15) is 12.4 Å². The first kappa shape index (κ1) is 15.4. The fourth-order valence-corrected chi connectivity index (χ4v) is 4.76. The summed E-state index contributed by atoms with van der Waals surface area (Å²) in [6.45, 7) is 6.49. The Morgan fingerprint density at radius 2 is 2.04 bits per heavy atom. The first-order valence-electron chi connectivity index (χ1n) is 8.63. The number of ketones is 1. The fraction of sp³-hybridized carbons (Fsp3) is 0.500. The molecule has 1 N–H and O–H groups in total. The first-order chi connectivity index (χ1) is 11.3. The Bertz CT molecular complexity index is 802. The number of hydrogen-bond donors (Lipinski definition) is 1. The van der Waals surface area contributed by atoms with Gasteiger partial charge in [0.15, 0.2) is 5.78 Å². The largest absolute Gasteiger partial charge is 0.507 e. The topological polar surface area (TPSA) is 63.6 Å². The van der Waals surface area contributed by atoms with Crippen LogP contribution in [-0.2, 0) is 14.9 Å². The molecule has 1 aromatic carbocycles. The summed E-state index contributed by atoms with van der Waals surface area (Å²) in [7, 11) is 0. The van der Waals surface area contributed by atoms with Crippen LogP contribution in [0.5, 0.6) is 5.75 Å². The third-order valence-corrected chi connectivity index (χ3v) is 6.19. The number of aromatic hydroxyl groups is 1. The van der Waals surface area contributed by atoms with E-state index in [9.17, 15) is 14.7 Å². The standard InChI is InChI=1S/C20H22O4/c1-10(2)11-4-5-14-17(18(11)22)16(21)8-15-13-9-24-19(23)12(13)6-7-20(14,15)3/h4-5,10,15,22H,6-9H2,1-3H3/t15?,20-/m1/s1. The molecular weight excluding hydrogens is 304 g/mol. The normalized spacial score (nSPS) is 28.6. The van der Waals surface area contributed by atoms with E-state index in [1.54, 1.807) is 0 Å². The van der Waals surface area contributed by atoms with Crippen LogP contribution in [0.4, 0.5) is 0 Å². The van der Waals surface area contributed by atoms with Crippen LogP contribution in [0.1, 0.15) is 67.4 Å². The highest BCUT2D eigenvalue weighted by Crippen LogP contribution is 2.55. The molecule has 126 valence electrons. The van der Waals surface area contributed by atoms with E-state index in [0.29, 0.717) is 25.0 Å². The molecule has 0 fully saturated rings. The minimum absolute atomic E-state index is 0.00278. The van der Waals surface area contributed by atoms with Crippen molar-refractivity contribution >= 4 is 11.8 Å². The molecular formula is C20H22O4. The lowest BCUT2D eigenvalue weighted by Gasteiger charge is -2.46. The van der Waals surface area contributed by atoms with E-state index in [1.807, 2.05) is 26.0 Å². The monoisotopic (exact) mass is 326 g/mol. The van der Waals surface area contributed by atoms with Crippen molar-refractivity contribution in [3.63, 3.8) is 0 Å². The van der Waals surface area contributed by atoms with Crippen molar-refractivity contribution in [1.82, 2.24) is 0 Å². The zero-order valence-electron chi connectivity index (χ0n) is 14.3. The van der Waals surface area contributed by atoms with Gasteiger partial charge in [-0.2, -0.15) is 0 Å². The second-order valence-corrected chi connectivity index (χ2v) is 7.76. The SMILES string of the molecule is CC(C)c1ccc2c(c1O)C(=O)CC1C3=C(CC[C@]21C)C(=O)OC3. The zero-order chi connectivity index (χ0) is 17.2. The number of benzene rings is 1. The van der Waals surface area contributed by atoms with Gasteiger partial charge in [-0.1, -0.05) is 32.9 Å². The van der Waals surface area contributed by atoms with E-state index in [-0.39, 0.29) is 34.8 Å². The summed E-state index contributed by atoms with van der Waals surface area (Å²) in [6, 6.07) is 3.96. The number of phenols is 1. The third kappa shape index (κ3) is 1.86. The predicted octanol–water partition coefficient (Wildman–Crippen LogP) is 3.62. The van der Waals surface area contributed by atoms with Crippen LogP contribution in [0, 0.1) is 5.92 Å². The summed E-state index contributed by atoms with van der Waals surface area (Å²) < 4.78 is 5.22. The first-order valence-corrected chi connectivity index (χ1v) is 8.63. The minimum Gasteiger partial charge on any atom is -0.507 e. The number of esters is 1. The Labute approximate surface area is 141 Å². The molecule has 2 aliphatic carbocycles. The van der Waals surface area contributed by atoms with Crippen LogP contribution in [0.15, 0.2) is 23.3 Å². The number of cyclic esters (lactones) is 1. The highest BCUT2D eigenvalue weighted by Gasteiger charge is 2.51. The van der Waals surface area contributed by atoms with E-state index in [2.05, 4.69) is 6.92 Å². The molecule has 0 saturated carbocycles. The number of phenolic OH excluding ortho intramolecular Hbond substituents is 1. The molecule has 1 aliphatic heterocycles. The number of carbonyl (C=O) groups is 2. The number of rotatable bonds is 1. The second kappa shape index (κ2) is 4.95. The molecule has 4 rings (SSSR count). The van der Waals surface area contributed by atoms with Gasteiger partial charge in [0.05, 0.1) is 5.56 Å². The van der Waals surface area contributed by atoms with Gasteiger partial charge in [-0.3, -0.25) is 4.79 Å². The lowest BCUT2D eigenvalue weighted by atomic mass is 9.56. The zero-order valence-corrected chi connectivity index (χ0v) is 14.3. The van der Waals surface area contributed by atoms with Gasteiger partial charge < -0.3 is 9.84 Å². The van der Waals surface area contributed by atoms with Gasteiger partial charge >= 0.3 is 5.97 Å². The van der Waals surface area contributed by atoms with Crippen LogP contribution in [0.25, 0.3) is 0 Å². The van der Waals surface area contributed by atoms with Crippen LogP contribution >= 0.6 is 0 Å². The molecule has 1 heterocycles. The average molecular weight is 326 g/mol. The van der Waals surface area contributed by atoms with Crippen molar-refractivity contribution in [3.05, 3.63) is 40.0 Å². The molecule has 0 saturated heterocycles. The van der Waals surface area contributed by atoms with Crippen LogP contribution in [-0.4, -0.2) is 23.5 Å². The lowest BCUT2D eigenvalue weighted by Crippen LogP contribution is -2.43. The van der Waals surface area contributed by atoms with Crippen LogP contribution in [0.2, 0.25) is 0 Å². The van der Waals surface area contributed by atoms with Crippen molar-refractivity contribution in [1.29, 1.82) is 0 Å². The fourth-order valence-electron chi connectivity index (χ4n) is 4.76. The van der Waals surface area contributed by atoms with Crippen LogP contribution in [0.3, 0.4) is 0 Å². The molecule has 4 nitrogen and oxygen atoms in total. The minimum atomic E-state index is -0.233. The Hall–Kier alpha value is -2.10. The summed E-state index contributed by atoms with van der Waals surface area (Å²) in [5.41, 5.74) is 3.78. The maximum absolute atomic E-state index is 12.8. The van der Waals surface area contributed by atoms with E-state index >= 15 is 0 Å². The molecule has 0 bridgehead atoms. The number of ether oxygens (including phenoxy) is 1. The summed E-state index contributed by atoms with van der Waals surface area (Å²) in [5.74, 6) is 0.0572. The molecule has 1 aromatic rings. The van der Waals surface area contributed by atoms with Gasteiger partial charge in [-0.15, -0.1) is 0 Å². The van der Waals surface area contributed by atoms with Crippen molar-refractivity contribution < 1.29 is 19.4 Å². The van der Waals surface area contributed by atoms with E-state index < -0.39 is 0 Å².